The lowest BCUT2D eigenvalue weighted by Gasteiger charge is -2.05. The van der Waals surface area contributed by atoms with Crippen LogP contribution in [-0.2, 0) is 4.79 Å². The molecular weight excluding hydrogens is 200 g/mol. The molecule has 1 N–H and O–H groups in total. The molecule has 14 heavy (non-hydrogen) atoms. The number of rotatable bonds is 2. The zero-order chi connectivity index (χ0) is 10.7. The fraction of sp³-hybridized carbons (Fsp3) is 0.182. The summed E-state index contributed by atoms with van der Waals surface area (Å²) in [5, 5.41) is 9.07. The molecule has 0 fully saturated rings. The van der Waals surface area contributed by atoms with E-state index in [2.05, 4.69) is 0 Å². The van der Waals surface area contributed by atoms with Crippen LogP contribution < -0.4 is 0 Å². The molecule has 3 heteroatoms. The first-order valence-corrected chi connectivity index (χ1v) is 4.57. The van der Waals surface area contributed by atoms with Crippen molar-refractivity contribution in [1.82, 2.24) is 0 Å². The molecule has 0 amide bonds. The SMILES string of the molecule is Cc1ccc(/C=C/C(=O)O)c(Cl)c1C. The Bertz CT molecular complexity index is 395. The molecule has 0 saturated carbocycles. The van der Waals surface area contributed by atoms with Crippen LogP contribution in [0.4, 0.5) is 0 Å². The summed E-state index contributed by atoms with van der Waals surface area (Å²) in [7, 11) is 0. The van der Waals surface area contributed by atoms with Crippen molar-refractivity contribution in [2.24, 2.45) is 0 Å². The number of hydrogen-bond donors (Lipinski definition) is 1. The molecule has 1 aromatic rings. The molecule has 0 aliphatic carbocycles. The summed E-state index contributed by atoms with van der Waals surface area (Å²) in [6.45, 7) is 3.88. The second-order valence-corrected chi connectivity index (χ2v) is 3.46. The monoisotopic (exact) mass is 210 g/mol. The number of aliphatic carboxylic acids is 1. The predicted octanol–water partition coefficient (Wildman–Crippen LogP) is 3.05. The maximum absolute atomic E-state index is 10.3. The number of hydrogen-bond acceptors (Lipinski definition) is 1. The predicted molar refractivity (Wildman–Crippen MR) is 57.6 cm³/mol. The van der Waals surface area contributed by atoms with E-state index in [1.165, 1.54) is 6.08 Å². The van der Waals surface area contributed by atoms with E-state index in [0.717, 1.165) is 22.8 Å². The standard InChI is InChI=1S/C11H11ClO2/c1-7-3-4-9(5-6-10(13)14)11(12)8(7)2/h3-6H,1-2H3,(H,13,14)/b6-5+. The lowest BCUT2D eigenvalue weighted by atomic mass is 10.1. The highest BCUT2D eigenvalue weighted by atomic mass is 35.5. The molecule has 0 aromatic heterocycles. The van der Waals surface area contributed by atoms with Gasteiger partial charge in [-0.05, 0) is 36.6 Å². The van der Waals surface area contributed by atoms with Crippen LogP contribution in [0.25, 0.3) is 6.08 Å². The molecule has 0 aliphatic heterocycles. The summed E-state index contributed by atoms with van der Waals surface area (Å²) in [4.78, 5) is 10.3. The molecule has 0 spiro atoms. The Kier molecular flexibility index (Phi) is 3.31. The van der Waals surface area contributed by atoms with E-state index >= 15 is 0 Å². The van der Waals surface area contributed by atoms with Gasteiger partial charge in [0.15, 0.2) is 0 Å². The zero-order valence-electron chi connectivity index (χ0n) is 8.04. The van der Waals surface area contributed by atoms with Crippen LogP contribution in [0.3, 0.4) is 0 Å². The maximum Gasteiger partial charge on any atom is 0.328 e. The molecule has 1 rings (SSSR count). The van der Waals surface area contributed by atoms with E-state index in [4.69, 9.17) is 16.7 Å². The van der Waals surface area contributed by atoms with E-state index < -0.39 is 5.97 Å². The maximum atomic E-state index is 10.3. The van der Waals surface area contributed by atoms with Gasteiger partial charge in [-0.2, -0.15) is 0 Å². The van der Waals surface area contributed by atoms with Gasteiger partial charge in [-0.3, -0.25) is 0 Å². The fourth-order valence-electron chi connectivity index (χ4n) is 1.09. The van der Waals surface area contributed by atoms with Crippen LogP contribution >= 0.6 is 11.6 Å². The average Bonchev–Trinajstić information content (AvgIpc) is 2.13. The molecule has 0 aliphatic rings. The quantitative estimate of drug-likeness (QED) is 0.762. The highest BCUT2D eigenvalue weighted by molar-refractivity contribution is 6.33. The van der Waals surface area contributed by atoms with Gasteiger partial charge in [0.2, 0.25) is 0 Å². The summed E-state index contributed by atoms with van der Waals surface area (Å²) in [5.74, 6) is -0.973. The van der Waals surface area contributed by atoms with Crippen LogP contribution in [-0.4, -0.2) is 11.1 Å². The third kappa shape index (κ3) is 2.36. The van der Waals surface area contributed by atoms with Gasteiger partial charge in [-0.25, -0.2) is 4.79 Å². The molecule has 1 aromatic carbocycles. The third-order valence-corrected chi connectivity index (χ3v) is 2.59. The van der Waals surface area contributed by atoms with Gasteiger partial charge >= 0.3 is 5.97 Å². The number of aryl methyl sites for hydroxylation is 1. The first kappa shape index (κ1) is 10.8. The largest absolute Gasteiger partial charge is 0.478 e. The van der Waals surface area contributed by atoms with Crippen LogP contribution in [0, 0.1) is 13.8 Å². The number of carboxylic acids is 1. The average molecular weight is 211 g/mol. The lowest BCUT2D eigenvalue weighted by molar-refractivity contribution is -0.131. The van der Waals surface area contributed by atoms with Crippen molar-refractivity contribution in [3.8, 4) is 0 Å². The molecule has 2 nitrogen and oxygen atoms in total. The van der Waals surface area contributed by atoms with Gasteiger partial charge < -0.3 is 5.11 Å². The highest BCUT2D eigenvalue weighted by Gasteiger charge is 2.02. The van der Waals surface area contributed by atoms with Crippen molar-refractivity contribution in [2.45, 2.75) is 13.8 Å². The van der Waals surface area contributed by atoms with Crippen molar-refractivity contribution in [3.63, 3.8) is 0 Å². The van der Waals surface area contributed by atoms with Gasteiger partial charge in [-0.15, -0.1) is 0 Å². The minimum atomic E-state index is -0.973. The van der Waals surface area contributed by atoms with Crippen molar-refractivity contribution in [2.75, 3.05) is 0 Å². The van der Waals surface area contributed by atoms with Crippen LogP contribution in [0.2, 0.25) is 5.02 Å². The molecule has 0 atom stereocenters. The summed E-state index contributed by atoms with van der Waals surface area (Å²) < 4.78 is 0. The fourth-order valence-corrected chi connectivity index (χ4v) is 1.37. The Morgan fingerprint density at radius 1 is 1.43 bits per heavy atom. The van der Waals surface area contributed by atoms with Gasteiger partial charge in [-0.1, -0.05) is 23.7 Å². The lowest BCUT2D eigenvalue weighted by Crippen LogP contribution is -1.88. The smallest absolute Gasteiger partial charge is 0.328 e. The minimum Gasteiger partial charge on any atom is -0.478 e. The Hall–Kier alpha value is -1.28. The second-order valence-electron chi connectivity index (χ2n) is 3.08. The molecule has 0 radical (unpaired) electrons. The van der Waals surface area contributed by atoms with Crippen LogP contribution in [0.15, 0.2) is 18.2 Å². The Balaban J connectivity index is 3.12. The number of benzene rings is 1. The van der Waals surface area contributed by atoms with Gasteiger partial charge in [0.1, 0.15) is 0 Å². The normalized spacial score (nSPS) is 10.8. The van der Waals surface area contributed by atoms with Crippen LogP contribution in [0.5, 0.6) is 0 Å². The molecule has 0 unspecified atom stereocenters. The highest BCUT2D eigenvalue weighted by Crippen LogP contribution is 2.24. The second kappa shape index (κ2) is 4.29. The molecule has 0 heterocycles. The van der Waals surface area contributed by atoms with Crippen molar-refractivity contribution in [3.05, 3.63) is 39.9 Å². The van der Waals surface area contributed by atoms with E-state index in [-0.39, 0.29) is 0 Å². The molecule has 0 bridgehead atoms. The molecular formula is C11H11ClO2. The van der Waals surface area contributed by atoms with Gasteiger partial charge in [0.25, 0.3) is 0 Å². The van der Waals surface area contributed by atoms with Crippen molar-refractivity contribution in [1.29, 1.82) is 0 Å². The Labute approximate surface area is 87.8 Å². The summed E-state index contributed by atoms with van der Waals surface area (Å²) in [5.41, 5.74) is 2.82. The number of halogens is 1. The first-order chi connectivity index (χ1) is 6.52. The topological polar surface area (TPSA) is 37.3 Å². The molecule has 74 valence electrons. The van der Waals surface area contributed by atoms with E-state index in [1.807, 2.05) is 26.0 Å². The Morgan fingerprint density at radius 2 is 2.07 bits per heavy atom. The first-order valence-electron chi connectivity index (χ1n) is 4.19. The molecule has 0 saturated heterocycles. The number of carbonyl (C=O) groups is 1. The zero-order valence-corrected chi connectivity index (χ0v) is 8.80. The van der Waals surface area contributed by atoms with Crippen LogP contribution in [0.1, 0.15) is 16.7 Å². The van der Waals surface area contributed by atoms with E-state index in [9.17, 15) is 4.79 Å². The minimum absolute atomic E-state index is 0.613. The number of carboxylic acid groups (broad SMARTS) is 1. The Morgan fingerprint density at radius 3 is 2.64 bits per heavy atom. The van der Waals surface area contributed by atoms with Crippen molar-refractivity contribution >= 4 is 23.6 Å². The third-order valence-electron chi connectivity index (χ3n) is 2.09. The summed E-state index contributed by atoms with van der Waals surface area (Å²) in [6, 6.07) is 3.73. The van der Waals surface area contributed by atoms with Gasteiger partial charge in [0.05, 0.1) is 5.02 Å². The summed E-state index contributed by atoms with van der Waals surface area (Å²) in [6.07, 6.45) is 2.58. The van der Waals surface area contributed by atoms with E-state index in [1.54, 1.807) is 0 Å². The van der Waals surface area contributed by atoms with Gasteiger partial charge in [0, 0.05) is 6.08 Å². The van der Waals surface area contributed by atoms with E-state index in [0.29, 0.717) is 5.02 Å². The van der Waals surface area contributed by atoms with Crippen molar-refractivity contribution < 1.29 is 9.90 Å². The summed E-state index contributed by atoms with van der Waals surface area (Å²) >= 11 is 6.04.